The molecule has 2 aromatic rings. The van der Waals surface area contributed by atoms with Gasteiger partial charge in [-0.05, 0) is 12.5 Å². The molecule has 0 fully saturated rings. The number of aryl methyl sites for hydroxylation is 1. The third-order valence-electron chi connectivity index (χ3n) is 1.80. The van der Waals surface area contributed by atoms with Crippen LogP contribution in [0.2, 0.25) is 0 Å². The Hall–Kier alpha value is -1.22. The number of hydrogen-bond acceptors (Lipinski definition) is 3. The first-order valence-corrected chi connectivity index (χ1v) is 5.42. The van der Waals surface area contributed by atoms with Crippen molar-refractivity contribution < 1.29 is 4.42 Å². The predicted octanol–water partition coefficient (Wildman–Crippen LogP) is 3.28. The number of hydrogen-bond donors (Lipinski definition) is 0. The summed E-state index contributed by atoms with van der Waals surface area (Å²) in [5.41, 5.74) is 2.22. The number of rotatable bonds is 3. The van der Waals surface area contributed by atoms with Gasteiger partial charge in [-0.2, -0.15) is 0 Å². The van der Waals surface area contributed by atoms with E-state index in [1.54, 1.807) is 18.0 Å². The molecule has 0 aliphatic heterocycles. The first-order valence-electron chi connectivity index (χ1n) is 4.43. The molecule has 14 heavy (non-hydrogen) atoms. The van der Waals surface area contributed by atoms with Gasteiger partial charge in [-0.3, -0.25) is 0 Å². The van der Waals surface area contributed by atoms with Gasteiger partial charge in [-0.25, -0.2) is 4.98 Å². The molecular formula is C11H11NOS. The fourth-order valence-corrected chi connectivity index (χ4v) is 1.93. The highest BCUT2D eigenvalue weighted by atomic mass is 32.2. The van der Waals surface area contributed by atoms with Crippen LogP contribution in [0, 0.1) is 6.92 Å². The molecule has 0 amide bonds. The normalized spacial score (nSPS) is 10.4. The molecule has 0 N–H and O–H groups in total. The smallest absolute Gasteiger partial charge is 0.256 e. The number of oxazole rings is 1. The molecule has 1 aromatic heterocycles. The van der Waals surface area contributed by atoms with Crippen molar-refractivity contribution in [3.63, 3.8) is 0 Å². The summed E-state index contributed by atoms with van der Waals surface area (Å²) >= 11 is 1.62. The number of nitrogens with zero attached hydrogens (tertiary/aromatic N) is 1. The molecule has 72 valence electrons. The van der Waals surface area contributed by atoms with Crippen molar-refractivity contribution >= 4 is 11.8 Å². The molecule has 0 atom stereocenters. The average molecular weight is 205 g/mol. The van der Waals surface area contributed by atoms with Crippen molar-refractivity contribution in [2.75, 3.05) is 0 Å². The Morgan fingerprint density at radius 2 is 2.07 bits per heavy atom. The molecule has 0 aliphatic rings. The van der Waals surface area contributed by atoms with Gasteiger partial charge in [0.2, 0.25) is 0 Å². The van der Waals surface area contributed by atoms with Crippen LogP contribution < -0.4 is 0 Å². The summed E-state index contributed by atoms with van der Waals surface area (Å²) < 4.78 is 5.24. The van der Waals surface area contributed by atoms with Gasteiger partial charge in [-0.1, -0.05) is 42.1 Å². The minimum atomic E-state index is 0.742. The maximum atomic E-state index is 5.24. The third kappa shape index (κ3) is 2.39. The van der Waals surface area contributed by atoms with Crippen molar-refractivity contribution in [3.8, 4) is 0 Å². The lowest BCUT2D eigenvalue weighted by Gasteiger charge is -1.96. The second-order valence-corrected chi connectivity index (χ2v) is 3.96. The van der Waals surface area contributed by atoms with Gasteiger partial charge in [-0.15, -0.1) is 0 Å². The number of aromatic nitrogens is 1. The maximum Gasteiger partial charge on any atom is 0.256 e. The Morgan fingerprint density at radius 3 is 2.71 bits per heavy atom. The lowest BCUT2D eigenvalue weighted by Crippen LogP contribution is -1.79. The van der Waals surface area contributed by atoms with Gasteiger partial charge >= 0.3 is 0 Å². The molecule has 0 saturated heterocycles. The van der Waals surface area contributed by atoms with E-state index in [9.17, 15) is 0 Å². The molecule has 0 bridgehead atoms. The Morgan fingerprint density at radius 1 is 1.29 bits per heavy atom. The Bertz CT molecular complexity index is 397. The summed E-state index contributed by atoms with van der Waals surface area (Å²) in [5, 5.41) is 0.742. The van der Waals surface area contributed by atoms with Crippen molar-refractivity contribution in [3.05, 3.63) is 47.9 Å². The zero-order valence-electron chi connectivity index (χ0n) is 7.93. The van der Waals surface area contributed by atoms with Gasteiger partial charge < -0.3 is 4.42 Å². The zero-order chi connectivity index (χ0) is 9.80. The van der Waals surface area contributed by atoms with Gasteiger partial charge in [0.05, 0.1) is 5.69 Å². The van der Waals surface area contributed by atoms with Crippen molar-refractivity contribution in [1.29, 1.82) is 0 Å². The molecule has 0 unspecified atom stereocenters. The highest BCUT2D eigenvalue weighted by Gasteiger charge is 2.01. The summed E-state index contributed by atoms with van der Waals surface area (Å²) in [6.45, 7) is 1.93. The monoisotopic (exact) mass is 205 g/mol. The molecule has 0 aliphatic carbocycles. The number of thioether (sulfide) groups is 1. The third-order valence-corrected chi connectivity index (χ3v) is 2.72. The Balaban J connectivity index is 1.95. The van der Waals surface area contributed by atoms with Crippen LogP contribution in [0.15, 0.2) is 46.2 Å². The second kappa shape index (κ2) is 4.33. The van der Waals surface area contributed by atoms with E-state index < -0.39 is 0 Å². The summed E-state index contributed by atoms with van der Waals surface area (Å²) in [7, 11) is 0. The zero-order valence-corrected chi connectivity index (χ0v) is 8.75. The van der Waals surface area contributed by atoms with Crippen LogP contribution in [0.25, 0.3) is 0 Å². The van der Waals surface area contributed by atoms with E-state index in [0.717, 1.165) is 16.7 Å². The van der Waals surface area contributed by atoms with Crippen molar-refractivity contribution in [1.82, 2.24) is 4.98 Å². The van der Waals surface area contributed by atoms with E-state index in [0.29, 0.717) is 0 Å². The van der Waals surface area contributed by atoms with E-state index in [2.05, 4.69) is 17.1 Å². The Labute approximate surface area is 87.4 Å². The summed E-state index contributed by atoms with van der Waals surface area (Å²) in [6.07, 6.45) is 1.67. The van der Waals surface area contributed by atoms with Crippen LogP contribution in [-0.2, 0) is 5.75 Å². The van der Waals surface area contributed by atoms with Gasteiger partial charge in [0.1, 0.15) is 6.26 Å². The SMILES string of the molecule is Cc1coc(SCc2ccccc2)n1. The first kappa shape index (κ1) is 9.34. The highest BCUT2D eigenvalue weighted by Crippen LogP contribution is 2.21. The predicted molar refractivity (Wildman–Crippen MR) is 57.2 cm³/mol. The van der Waals surface area contributed by atoms with Gasteiger partial charge in [0.25, 0.3) is 5.22 Å². The highest BCUT2D eigenvalue weighted by molar-refractivity contribution is 7.98. The minimum Gasteiger partial charge on any atom is -0.440 e. The second-order valence-electron chi connectivity index (χ2n) is 3.03. The van der Waals surface area contributed by atoms with Gasteiger partial charge in [0.15, 0.2) is 0 Å². The molecule has 2 rings (SSSR count). The van der Waals surface area contributed by atoms with Crippen LogP contribution in [0.4, 0.5) is 0 Å². The molecule has 1 aromatic carbocycles. The van der Waals surface area contributed by atoms with Crippen molar-refractivity contribution in [2.45, 2.75) is 17.9 Å². The van der Waals surface area contributed by atoms with Crippen LogP contribution in [0.3, 0.4) is 0 Å². The first-order chi connectivity index (χ1) is 6.84. The fraction of sp³-hybridized carbons (Fsp3) is 0.182. The summed E-state index contributed by atoms with van der Waals surface area (Å²) in [6, 6.07) is 10.3. The molecule has 0 radical (unpaired) electrons. The number of benzene rings is 1. The van der Waals surface area contributed by atoms with Crippen LogP contribution in [0.5, 0.6) is 0 Å². The van der Waals surface area contributed by atoms with E-state index in [4.69, 9.17) is 4.42 Å². The lowest BCUT2D eigenvalue weighted by molar-refractivity contribution is 0.454. The largest absolute Gasteiger partial charge is 0.440 e. The maximum absolute atomic E-state index is 5.24. The fourth-order valence-electron chi connectivity index (χ4n) is 1.12. The molecule has 0 saturated carbocycles. The molecular weight excluding hydrogens is 194 g/mol. The topological polar surface area (TPSA) is 26.0 Å². The van der Waals surface area contributed by atoms with Crippen LogP contribution >= 0.6 is 11.8 Å². The summed E-state index contributed by atoms with van der Waals surface area (Å²) in [4.78, 5) is 4.22. The molecule has 2 nitrogen and oxygen atoms in total. The quantitative estimate of drug-likeness (QED) is 0.719. The van der Waals surface area contributed by atoms with E-state index >= 15 is 0 Å². The standard InChI is InChI=1S/C11H11NOS/c1-9-7-13-11(12-9)14-8-10-5-3-2-4-6-10/h2-7H,8H2,1H3. The minimum absolute atomic E-state index is 0.742. The van der Waals surface area contributed by atoms with Crippen LogP contribution in [-0.4, -0.2) is 4.98 Å². The lowest BCUT2D eigenvalue weighted by atomic mass is 10.2. The summed E-state index contributed by atoms with van der Waals surface area (Å²) in [5.74, 6) is 0.904. The van der Waals surface area contributed by atoms with Crippen molar-refractivity contribution in [2.24, 2.45) is 0 Å². The van der Waals surface area contributed by atoms with E-state index in [1.807, 2.05) is 25.1 Å². The van der Waals surface area contributed by atoms with Crippen LogP contribution in [0.1, 0.15) is 11.3 Å². The molecule has 1 heterocycles. The molecule has 0 spiro atoms. The van der Waals surface area contributed by atoms with Gasteiger partial charge in [0, 0.05) is 5.75 Å². The molecule has 3 heteroatoms. The van der Waals surface area contributed by atoms with E-state index in [1.165, 1.54) is 5.56 Å². The average Bonchev–Trinajstić information content (AvgIpc) is 2.63. The van der Waals surface area contributed by atoms with E-state index in [-0.39, 0.29) is 0 Å². The Kier molecular flexibility index (Phi) is 2.89.